The van der Waals surface area contributed by atoms with Crippen LogP contribution >= 0.6 is 0 Å². The number of aryl methyl sites for hydroxylation is 1. The van der Waals surface area contributed by atoms with E-state index in [9.17, 15) is 13.6 Å². The molecule has 0 bridgehead atoms. The first-order valence-electron chi connectivity index (χ1n) is 8.88. The Labute approximate surface area is 166 Å². The molecule has 0 saturated heterocycles. The smallest absolute Gasteiger partial charge is 0.220 e. The zero-order valence-electron chi connectivity index (χ0n) is 16.0. The molecule has 3 rings (SSSR count). The summed E-state index contributed by atoms with van der Waals surface area (Å²) in [6.45, 7) is 0.330. The van der Waals surface area contributed by atoms with Gasteiger partial charge in [0.25, 0.3) is 0 Å². The summed E-state index contributed by atoms with van der Waals surface area (Å²) in [5, 5.41) is 2.81. The van der Waals surface area contributed by atoms with Gasteiger partial charge in [0.15, 0.2) is 23.1 Å². The summed E-state index contributed by atoms with van der Waals surface area (Å²) < 4.78 is 42.7. The monoisotopic (exact) mass is 402 g/mol. The minimum atomic E-state index is -0.736. The number of carbonyl (C=O) groups is 1. The molecule has 1 amide bonds. The van der Waals surface area contributed by atoms with Crippen LogP contribution in [0.1, 0.15) is 17.9 Å². The van der Waals surface area contributed by atoms with Gasteiger partial charge in [0.2, 0.25) is 5.91 Å². The third-order valence-electron chi connectivity index (χ3n) is 4.25. The van der Waals surface area contributed by atoms with Gasteiger partial charge in [0.1, 0.15) is 11.6 Å². The van der Waals surface area contributed by atoms with Crippen LogP contribution in [0.5, 0.6) is 11.5 Å². The molecule has 0 fully saturated rings. The molecule has 6 nitrogen and oxygen atoms in total. The first-order chi connectivity index (χ1) is 14.0. The Morgan fingerprint density at radius 1 is 1.10 bits per heavy atom. The molecule has 0 aliphatic carbocycles. The maximum atomic E-state index is 13.8. The number of aromatic nitrogens is 1. The molecule has 0 saturated carbocycles. The van der Waals surface area contributed by atoms with E-state index >= 15 is 0 Å². The van der Waals surface area contributed by atoms with Gasteiger partial charge in [-0.1, -0.05) is 6.07 Å². The van der Waals surface area contributed by atoms with Crippen LogP contribution < -0.4 is 14.8 Å². The summed E-state index contributed by atoms with van der Waals surface area (Å²) in [6, 6.07) is 8.59. The first kappa shape index (κ1) is 20.3. The lowest BCUT2D eigenvalue weighted by molar-refractivity contribution is -0.121. The van der Waals surface area contributed by atoms with Gasteiger partial charge in [-0.3, -0.25) is 4.79 Å². The van der Waals surface area contributed by atoms with Crippen molar-refractivity contribution in [3.63, 3.8) is 0 Å². The van der Waals surface area contributed by atoms with Crippen LogP contribution in [0.3, 0.4) is 0 Å². The topological polar surface area (TPSA) is 73.6 Å². The molecule has 1 heterocycles. The third-order valence-corrected chi connectivity index (χ3v) is 4.25. The molecule has 0 atom stereocenters. The molecule has 0 spiro atoms. The number of carbonyl (C=O) groups excluding carboxylic acids is 1. The van der Waals surface area contributed by atoms with E-state index in [4.69, 9.17) is 13.9 Å². The van der Waals surface area contributed by atoms with E-state index < -0.39 is 11.6 Å². The molecule has 3 aromatic rings. The van der Waals surface area contributed by atoms with E-state index in [0.29, 0.717) is 23.9 Å². The highest BCUT2D eigenvalue weighted by Gasteiger charge is 2.13. The van der Waals surface area contributed by atoms with Crippen LogP contribution in [-0.4, -0.2) is 25.1 Å². The fraction of sp³-hybridized carbons (Fsp3) is 0.238. The number of methoxy groups -OCH3 is 2. The Morgan fingerprint density at radius 3 is 2.62 bits per heavy atom. The standard InChI is InChI=1S/C21H20F2N2O4/c1-27-17-6-3-13(9-18(17)28-2)11-24-20(26)7-8-21-25-12-19(29-21)15-5-4-14(22)10-16(15)23/h3-6,9-10,12H,7-8,11H2,1-2H3,(H,24,26). The quantitative estimate of drug-likeness (QED) is 0.619. The summed E-state index contributed by atoms with van der Waals surface area (Å²) in [7, 11) is 3.10. The number of amides is 1. The van der Waals surface area contributed by atoms with Crippen molar-refractivity contribution in [3.05, 3.63) is 65.7 Å². The molecule has 1 N–H and O–H groups in total. The van der Waals surface area contributed by atoms with Crippen LogP contribution in [0.4, 0.5) is 8.78 Å². The molecule has 152 valence electrons. The maximum Gasteiger partial charge on any atom is 0.220 e. The molecule has 0 aliphatic heterocycles. The number of nitrogens with one attached hydrogen (secondary N) is 1. The number of oxazole rings is 1. The fourth-order valence-electron chi connectivity index (χ4n) is 2.74. The van der Waals surface area contributed by atoms with Crippen LogP contribution in [0.2, 0.25) is 0 Å². The summed E-state index contributed by atoms with van der Waals surface area (Å²) in [6.07, 6.45) is 1.76. The van der Waals surface area contributed by atoms with Gasteiger partial charge in [-0.15, -0.1) is 0 Å². The molecule has 8 heteroatoms. The van der Waals surface area contributed by atoms with Crippen molar-refractivity contribution in [2.75, 3.05) is 14.2 Å². The number of rotatable bonds is 8. The summed E-state index contributed by atoms with van der Waals surface area (Å²) in [5.41, 5.74) is 0.976. The second kappa shape index (κ2) is 9.18. The number of hydrogen-bond acceptors (Lipinski definition) is 5. The fourth-order valence-corrected chi connectivity index (χ4v) is 2.74. The second-order valence-corrected chi connectivity index (χ2v) is 6.21. The molecule has 0 radical (unpaired) electrons. The highest BCUT2D eigenvalue weighted by Crippen LogP contribution is 2.27. The van der Waals surface area contributed by atoms with Crippen molar-refractivity contribution < 1.29 is 27.5 Å². The number of nitrogens with zero attached hydrogens (tertiary/aromatic N) is 1. The Kier molecular flexibility index (Phi) is 6.43. The Bertz CT molecular complexity index is 1000. The van der Waals surface area contributed by atoms with E-state index in [1.807, 2.05) is 6.07 Å². The van der Waals surface area contributed by atoms with Crippen molar-refractivity contribution in [2.45, 2.75) is 19.4 Å². The lowest BCUT2D eigenvalue weighted by Gasteiger charge is -2.10. The molecule has 1 aromatic heterocycles. The van der Waals surface area contributed by atoms with E-state index in [2.05, 4.69) is 10.3 Å². The van der Waals surface area contributed by atoms with E-state index in [0.717, 1.165) is 17.7 Å². The summed E-state index contributed by atoms with van der Waals surface area (Å²) in [5.74, 6) is 0.0812. The van der Waals surface area contributed by atoms with Crippen LogP contribution in [0.25, 0.3) is 11.3 Å². The largest absolute Gasteiger partial charge is 0.493 e. The summed E-state index contributed by atoms with van der Waals surface area (Å²) in [4.78, 5) is 16.1. The Morgan fingerprint density at radius 2 is 1.90 bits per heavy atom. The van der Waals surface area contributed by atoms with Gasteiger partial charge in [0, 0.05) is 25.5 Å². The predicted octanol–water partition coefficient (Wildman–Crippen LogP) is 3.89. The van der Waals surface area contributed by atoms with Crippen molar-refractivity contribution in [2.24, 2.45) is 0 Å². The van der Waals surface area contributed by atoms with Gasteiger partial charge >= 0.3 is 0 Å². The zero-order valence-corrected chi connectivity index (χ0v) is 16.0. The minimum Gasteiger partial charge on any atom is -0.493 e. The average Bonchev–Trinajstić information content (AvgIpc) is 3.19. The first-order valence-corrected chi connectivity index (χ1v) is 8.88. The van der Waals surface area contributed by atoms with Crippen LogP contribution in [0, 0.1) is 11.6 Å². The lowest BCUT2D eigenvalue weighted by atomic mass is 10.2. The van der Waals surface area contributed by atoms with Gasteiger partial charge in [-0.05, 0) is 29.8 Å². The molecular formula is C21H20F2N2O4. The van der Waals surface area contributed by atoms with E-state index in [1.54, 1.807) is 26.4 Å². The number of benzene rings is 2. The van der Waals surface area contributed by atoms with Crippen molar-refractivity contribution >= 4 is 5.91 Å². The normalized spacial score (nSPS) is 10.6. The maximum absolute atomic E-state index is 13.8. The van der Waals surface area contributed by atoms with Crippen LogP contribution in [-0.2, 0) is 17.8 Å². The highest BCUT2D eigenvalue weighted by atomic mass is 19.1. The molecule has 0 aliphatic rings. The number of halogens is 2. The van der Waals surface area contributed by atoms with Crippen molar-refractivity contribution in [1.29, 1.82) is 0 Å². The Balaban J connectivity index is 1.53. The molecule has 0 unspecified atom stereocenters. The van der Waals surface area contributed by atoms with E-state index in [1.165, 1.54) is 12.3 Å². The summed E-state index contributed by atoms with van der Waals surface area (Å²) >= 11 is 0. The Hall–Kier alpha value is -3.42. The average molecular weight is 402 g/mol. The third kappa shape index (κ3) is 5.10. The van der Waals surface area contributed by atoms with Gasteiger partial charge in [-0.2, -0.15) is 0 Å². The minimum absolute atomic E-state index is 0.114. The number of ether oxygens (including phenoxy) is 2. The van der Waals surface area contributed by atoms with Crippen molar-refractivity contribution in [3.8, 4) is 22.8 Å². The lowest BCUT2D eigenvalue weighted by Crippen LogP contribution is -2.23. The van der Waals surface area contributed by atoms with Crippen molar-refractivity contribution in [1.82, 2.24) is 10.3 Å². The van der Waals surface area contributed by atoms with Gasteiger partial charge < -0.3 is 19.2 Å². The predicted molar refractivity (Wildman–Crippen MR) is 102 cm³/mol. The highest BCUT2D eigenvalue weighted by molar-refractivity contribution is 5.76. The number of hydrogen-bond donors (Lipinski definition) is 1. The van der Waals surface area contributed by atoms with Gasteiger partial charge in [-0.25, -0.2) is 13.8 Å². The zero-order chi connectivity index (χ0) is 20.8. The SMILES string of the molecule is COc1ccc(CNC(=O)CCc2ncc(-c3ccc(F)cc3F)o2)cc1OC. The molecule has 29 heavy (non-hydrogen) atoms. The molecular weight excluding hydrogens is 382 g/mol. The second-order valence-electron chi connectivity index (χ2n) is 6.21. The van der Waals surface area contributed by atoms with E-state index in [-0.39, 0.29) is 30.1 Å². The van der Waals surface area contributed by atoms with Crippen LogP contribution in [0.15, 0.2) is 47.0 Å². The van der Waals surface area contributed by atoms with Gasteiger partial charge in [0.05, 0.1) is 26.0 Å². The molecule has 2 aromatic carbocycles.